The topological polar surface area (TPSA) is 93.7 Å². The van der Waals surface area contributed by atoms with E-state index in [0.29, 0.717) is 5.65 Å². The van der Waals surface area contributed by atoms with Crippen LogP contribution in [0, 0.1) is 17.1 Å². The summed E-state index contributed by atoms with van der Waals surface area (Å²) in [5.74, 6) is -1.21. The van der Waals surface area contributed by atoms with E-state index in [9.17, 15) is 19.2 Å². The molecule has 0 bridgehead atoms. The highest BCUT2D eigenvalue weighted by Crippen LogP contribution is 2.24. The number of aromatic nitrogens is 2. The summed E-state index contributed by atoms with van der Waals surface area (Å²) in [5, 5.41) is 9.27. The molecule has 7 nitrogen and oxygen atoms in total. The van der Waals surface area contributed by atoms with E-state index in [1.807, 2.05) is 0 Å². The van der Waals surface area contributed by atoms with Crippen LogP contribution in [0.1, 0.15) is 12.5 Å². The van der Waals surface area contributed by atoms with Crippen molar-refractivity contribution in [1.82, 2.24) is 9.38 Å². The average molecular weight is 379 g/mol. The second-order valence-corrected chi connectivity index (χ2v) is 5.51. The van der Waals surface area contributed by atoms with E-state index in [0.717, 1.165) is 6.08 Å². The lowest BCUT2D eigenvalue weighted by Gasteiger charge is -2.10. The van der Waals surface area contributed by atoms with Gasteiger partial charge in [0.1, 0.15) is 34.4 Å². The summed E-state index contributed by atoms with van der Waals surface area (Å²) in [4.78, 5) is 29.1. The van der Waals surface area contributed by atoms with Crippen LogP contribution in [-0.2, 0) is 9.53 Å². The quantitative estimate of drug-likeness (QED) is 0.384. The number of hydrogen-bond donors (Lipinski definition) is 0. The zero-order valence-electron chi connectivity index (χ0n) is 14.8. The largest absolute Gasteiger partial charge is 0.462 e. The molecule has 0 radical (unpaired) electrons. The molecule has 2 heterocycles. The Morgan fingerprint density at radius 2 is 2.04 bits per heavy atom. The van der Waals surface area contributed by atoms with E-state index in [4.69, 9.17) is 9.47 Å². The molecule has 1 aromatic carbocycles. The highest BCUT2D eigenvalue weighted by atomic mass is 19.1. The number of benzene rings is 1. The molecule has 0 N–H and O–H groups in total. The van der Waals surface area contributed by atoms with E-state index in [1.54, 1.807) is 31.2 Å². The van der Waals surface area contributed by atoms with Crippen molar-refractivity contribution >= 4 is 17.7 Å². The maximum Gasteiger partial charge on any atom is 0.348 e. The summed E-state index contributed by atoms with van der Waals surface area (Å²) in [6.07, 6.45) is 2.58. The van der Waals surface area contributed by atoms with Crippen LogP contribution in [-0.4, -0.2) is 22.0 Å². The molecular formula is C20H14FN3O4. The van der Waals surface area contributed by atoms with Gasteiger partial charge in [-0.05, 0) is 49.4 Å². The molecular weight excluding hydrogens is 365 g/mol. The van der Waals surface area contributed by atoms with E-state index in [2.05, 4.69) is 4.98 Å². The lowest BCUT2D eigenvalue weighted by molar-refractivity contribution is -0.137. The van der Waals surface area contributed by atoms with E-state index in [1.165, 1.54) is 34.9 Å². The van der Waals surface area contributed by atoms with Gasteiger partial charge >= 0.3 is 5.97 Å². The van der Waals surface area contributed by atoms with Crippen LogP contribution in [0.15, 0.2) is 59.0 Å². The van der Waals surface area contributed by atoms with Crippen molar-refractivity contribution in [1.29, 1.82) is 5.26 Å². The fraction of sp³-hybridized carbons (Fsp3) is 0.100. The minimum Gasteiger partial charge on any atom is -0.462 e. The zero-order chi connectivity index (χ0) is 20.1. The number of rotatable bonds is 5. The smallest absolute Gasteiger partial charge is 0.348 e. The monoisotopic (exact) mass is 379 g/mol. The van der Waals surface area contributed by atoms with Crippen molar-refractivity contribution in [2.45, 2.75) is 6.92 Å². The molecule has 0 atom stereocenters. The minimum atomic E-state index is -0.865. The van der Waals surface area contributed by atoms with E-state index >= 15 is 0 Å². The van der Waals surface area contributed by atoms with Gasteiger partial charge in [-0.25, -0.2) is 9.18 Å². The summed E-state index contributed by atoms with van der Waals surface area (Å²) < 4.78 is 24.9. The second-order valence-electron chi connectivity index (χ2n) is 5.51. The lowest BCUT2D eigenvalue weighted by Crippen LogP contribution is -2.19. The van der Waals surface area contributed by atoms with Gasteiger partial charge in [0.2, 0.25) is 5.88 Å². The van der Waals surface area contributed by atoms with Crippen molar-refractivity contribution in [2.75, 3.05) is 6.61 Å². The molecule has 0 fully saturated rings. The molecule has 0 spiro atoms. The third kappa shape index (κ3) is 3.88. The first-order valence-electron chi connectivity index (χ1n) is 8.27. The van der Waals surface area contributed by atoms with Crippen LogP contribution in [0.2, 0.25) is 0 Å². The zero-order valence-corrected chi connectivity index (χ0v) is 14.8. The Bertz CT molecular complexity index is 1160. The van der Waals surface area contributed by atoms with Gasteiger partial charge in [0.05, 0.1) is 6.61 Å². The Morgan fingerprint density at radius 3 is 2.71 bits per heavy atom. The fourth-order valence-corrected chi connectivity index (χ4v) is 2.39. The van der Waals surface area contributed by atoms with Gasteiger partial charge in [-0.1, -0.05) is 6.07 Å². The Hall–Kier alpha value is -3.99. The molecule has 8 heteroatoms. The lowest BCUT2D eigenvalue weighted by atomic mass is 10.2. The average Bonchev–Trinajstić information content (AvgIpc) is 2.70. The molecule has 0 aliphatic rings. The van der Waals surface area contributed by atoms with Crippen LogP contribution in [0.4, 0.5) is 4.39 Å². The number of esters is 1. The number of nitrogens with zero attached hydrogens (tertiary/aromatic N) is 3. The third-order valence-corrected chi connectivity index (χ3v) is 3.67. The highest BCUT2D eigenvalue weighted by molar-refractivity contribution is 5.98. The molecule has 0 saturated carbocycles. The van der Waals surface area contributed by atoms with Gasteiger partial charge in [-0.3, -0.25) is 9.20 Å². The first-order chi connectivity index (χ1) is 13.5. The maximum absolute atomic E-state index is 13.1. The van der Waals surface area contributed by atoms with E-state index in [-0.39, 0.29) is 29.4 Å². The standard InChI is InChI=1S/C20H14FN3O4/c1-2-27-20(26)13(12-22)11-16-18(28-15-8-6-14(21)7-9-15)23-17-5-3-4-10-24(17)19(16)25/h3-11H,2H2,1H3. The van der Waals surface area contributed by atoms with Crippen LogP contribution >= 0.6 is 0 Å². The summed E-state index contributed by atoms with van der Waals surface area (Å²) >= 11 is 0. The number of carbonyl (C=O) groups is 1. The summed E-state index contributed by atoms with van der Waals surface area (Å²) in [5.41, 5.74) is -0.727. The number of pyridine rings is 1. The van der Waals surface area contributed by atoms with Crippen LogP contribution < -0.4 is 10.3 Å². The van der Waals surface area contributed by atoms with Gasteiger partial charge in [0, 0.05) is 6.20 Å². The first-order valence-corrected chi connectivity index (χ1v) is 8.27. The number of nitriles is 1. The summed E-state index contributed by atoms with van der Waals surface area (Å²) in [6, 6.07) is 11.8. The van der Waals surface area contributed by atoms with Crippen molar-refractivity contribution in [2.24, 2.45) is 0 Å². The Balaban J connectivity index is 2.19. The predicted octanol–water partition coefficient (Wildman–Crippen LogP) is 3.10. The number of hydrogen-bond acceptors (Lipinski definition) is 6. The van der Waals surface area contributed by atoms with Crippen LogP contribution in [0.25, 0.3) is 11.7 Å². The molecule has 0 saturated heterocycles. The molecule has 0 aliphatic heterocycles. The van der Waals surface area contributed by atoms with Gasteiger partial charge in [0.15, 0.2) is 0 Å². The summed E-state index contributed by atoms with van der Waals surface area (Å²) in [7, 11) is 0. The third-order valence-electron chi connectivity index (χ3n) is 3.67. The molecule has 28 heavy (non-hydrogen) atoms. The maximum atomic E-state index is 13.1. The number of ether oxygens (including phenoxy) is 2. The molecule has 0 amide bonds. The molecule has 0 aliphatic carbocycles. The number of fused-ring (bicyclic) bond motifs is 1. The van der Waals surface area contributed by atoms with Gasteiger partial charge < -0.3 is 9.47 Å². The van der Waals surface area contributed by atoms with Crippen molar-refractivity contribution in [3.63, 3.8) is 0 Å². The predicted molar refractivity (Wildman–Crippen MR) is 98.2 cm³/mol. The van der Waals surface area contributed by atoms with Gasteiger partial charge in [0.25, 0.3) is 5.56 Å². The van der Waals surface area contributed by atoms with Gasteiger partial charge in [-0.2, -0.15) is 10.2 Å². The minimum absolute atomic E-state index is 0.0751. The molecule has 2 aromatic heterocycles. The van der Waals surface area contributed by atoms with Crippen molar-refractivity contribution in [3.05, 3.63) is 76.0 Å². The van der Waals surface area contributed by atoms with Crippen molar-refractivity contribution in [3.8, 4) is 17.7 Å². The summed E-state index contributed by atoms with van der Waals surface area (Å²) in [6.45, 7) is 1.67. The van der Waals surface area contributed by atoms with Crippen LogP contribution in [0.3, 0.4) is 0 Å². The second kappa shape index (κ2) is 8.14. The SMILES string of the molecule is CCOC(=O)C(C#N)=Cc1c(Oc2ccc(F)cc2)nc2ccccn2c1=O. The molecule has 3 rings (SSSR count). The van der Waals surface area contributed by atoms with Crippen molar-refractivity contribution < 1.29 is 18.7 Å². The van der Waals surface area contributed by atoms with Gasteiger partial charge in [-0.15, -0.1) is 0 Å². The normalized spacial score (nSPS) is 11.1. The highest BCUT2D eigenvalue weighted by Gasteiger charge is 2.17. The molecule has 0 unspecified atom stereocenters. The Morgan fingerprint density at radius 1 is 1.29 bits per heavy atom. The molecule has 3 aromatic rings. The Labute approximate surface area is 158 Å². The van der Waals surface area contributed by atoms with Crippen LogP contribution in [0.5, 0.6) is 11.6 Å². The molecule has 140 valence electrons. The Kier molecular flexibility index (Phi) is 5.46. The first kappa shape index (κ1) is 18.8. The van der Waals surface area contributed by atoms with E-state index < -0.39 is 17.3 Å². The fourth-order valence-electron chi connectivity index (χ4n) is 2.39. The number of halogens is 1. The number of carbonyl (C=O) groups excluding carboxylic acids is 1.